The fourth-order valence-electron chi connectivity index (χ4n) is 2.19. The van der Waals surface area contributed by atoms with E-state index in [0.717, 1.165) is 62.3 Å². The maximum absolute atomic E-state index is 5.88. The third-order valence-electron chi connectivity index (χ3n) is 3.20. The van der Waals surface area contributed by atoms with Gasteiger partial charge in [-0.1, -0.05) is 33.0 Å². The van der Waals surface area contributed by atoms with Crippen LogP contribution in [0.5, 0.6) is 0 Å². The third kappa shape index (κ3) is 5.21. The topological polar surface area (TPSA) is 73.1 Å². The second-order valence-corrected chi connectivity index (χ2v) is 5.25. The zero-order valence-corrected chi connectivity index (χ0v) is 14.1. The maximum Gasteiger partial charge on any atom is 0.159 e. The Bertz CT molecular complexity index is 465. The molecule has 1 heterocycles. The fraction of sp³-hybridized carbons (Fsp3) is 0.667. The van der Waals surface area contributed by atoms with Crippen molar-refractivity contribution < 1.29 is 4.74 Å². The molecule has 0 saturated heterocycles. The third-order valence-corrected chi connectivity index (χ3v) is 3.40. The van der Waals surface area contributed by atoms with E-state index < -0.39 is 0 Å². The lowest BCUT2D eigenvalue weighted by Crippen LogP contribution is -2.20. The number of ether oxygens (including phenoxy) is 1. The molecule has 1 aromatic rings. The van der Waals surface area contributed by atoms with Gasteiger partial charge in [0.25, 0.3) is 0 Å². The van der Waals surface area contributed by atoms with Crippen molar-refractivity contribution >= 4 is 23.0 Å². The van der Waals surface area contributed by atoms with E-state index in [1.54, 1.807) is 0 Å². The van der Waals surface area contributed by atoms with Gasteiger partial charge in [0.05, 0.1) is 11.3 Å². The number of hydrogen-bond acceptors (Lipinski definition) is 5. The van der Waals surface area contributed by atoms with Crippen molar-refractivity contribution in [3.63, 3.8) is 0 Å². The first-order valence-corrected chi connectivity index (χ1v) is 8.06. The summed E-state index contributed by atoms with van der Waals surface area (Å²) in [6.45, 7) is 8.56. The summed E-state index contributed by atoms with van der Waals surface area (Å²) in [5, 5.41) is 11.8. The highest BCUT2D eigenvalue weighted by Crippen LogP contribution is 2.20. The van der Waals surface area contributed by atoms with Gasteiger partial charge in [-0.3, -0.25) is 0 Å². The lowest BCUT2D eigenvalue weighted by atomic mass is 10.0. The van der Waals surface area contributed by atoms with Crippen LogP contribution in [0.1, 0.15) is 50.4 Å². The zero-order valence-electron chi connectivity index (χ0n) is 13.2. The van der Waals surface area contributed by atoms with Crippen molar-refractivity contribution in [1.82, 2.24) is 10.2 Å². The van der Waals surface area contributed by atoms with Gasteiger partial charge in [-0.05, 0) is 31.2 Å². The SMILES string of the molecule is CCCOCCCNc1nnc(CC)c(CC)c1C(N)=S. The van der Waals surface area contributed by atoms with Gasteiger partial charge in [0, 0.05) is 19.8 Å². The Hall–Kier alpha value is -1.27. The quantitative estimate of drug-likeness (QED) is 0.511. The molecule has 1 rings (SSSR count). The van der Waals surface area contributed by atoms with Crippen molar-refractivity contribution in [2.75, 3.05) is 25.1 Å². The standard InChI is InChI=1S/C15H26N4OS/c1-4-9-20-10-7-8-17-15-13(14(16)21)11(5-2)12(6-3)18-19-15/h4-10H2,1-3H3,(H2,16,21)(H,17,19). The highest BCUT2D eigenvalue weighted by atomic mass is 32.1. The summed E-state index contributed by atoms with van der Waals surface area (Å²) in [7, 11) is 0. The van der Waals surface area contributed by atoms with Crippen LogP contribution in [0, 0.1) is 0 Å². The summed E-state index contributed by atoms with van der Waals surface area (Å²) in [5.41, 5.74) is 8.80. The minimum absolute atomic E-state index is 0.376. The van der Waals surface area contributed by atoms with Crippen molar-refractivity contribution in [3.8, 4) is 0 Å². The van der Waals surface area contributed by atoms with Gasteiger partial charge in [0.1, 0.15) is 4.99 Å². The van der Waals surface area contributed by atoms with E-state index in [9.17, 15) is 0 Å². The lowest BCUT2D eigenvalue weighted by Gasteiger charge is -2.15. The van der Waals surface area contributed by atoms with Crippen LogP contribution in [-0.2, 0) is 17.6 Å². The molecule has 0 aromatic carbocycles. The Morgan fingerprint density at radius 2 is 1.95 bits per heavy atom. The number of aryl methyl sites for hydroxylation is 1. The van der Waals surface area contributed by atoms with Crippen LogP contribution in [0.3, 0.4) is 0 Å². The van der Waals surface area contributed by atoms with E-state index in [1.807, 2.05) is 0 Å². The van der Waals surface area contributed by atoms with E-state index in [0.29, 0.717) is 10.8 Å². The first-order chi connectivity index (χ1) is 10.2. The molecule has 0 aliphatic rings. The molecule has 0 aliphatic heterocycles. The number of nitrogens with zero attached hydrogens (tertiary/aromatic N) is 2. The van der Waals surface area contributed by atoms with Gasteiger partial charge in [-0.2, -0.15) is 5.10 Å². The molecule has 6 heteroatoms. The van der Waals surface area contributed by atoms with Gasteiger partial charge >= 0.3 is 0 Å². The van der Waals surface area contributed by atoms with Crippen LogP contribution in [0.2, 0.25) is 0 Å². The van der Waals surface area contributed by atoms with Gasteiger partial charge in [-0.25, -0.2) is 0 Å². The van der Waals surface area contributed by atoms with Crippen molar-refractivity contribution in [2.45, 2.75) is 46.5 Å². The van der Waals surface area contributed by atoms with Crippen LogP contribution < -0.4 is 11.1 Å². The van der Waals surface area contributed by atoms with E-state index >= 15 is 0 Å². The van der Waals surface area contributed by atoms with Crippen LogP contribution >= 0.6 is 12.2 Å². The molecule has 0 atom stereocenters. The average Bonchev–Trinajstić information content (AvgIpc) is 2.49. The molecule has 3 N–H and O–H groups in total. The average molecular weight is 310 g/mol. The van der Waals surface area contributed by atoms with Crippen molar-refractivity contribution in [3.05, 3.63) is 16.8 Å². The summed E-state index contributed by atoms with van der Waals surface area (Å²) in [6, 6.07) is 0. The Morgan fingerprint density at radius 3 is 2.52 bits per heavy atom. The summed E-state index contributed by atoms with van der Waals surface area (Å²) < 4.78 is 5.45. The largest absolute Gasteiger partial charge is 0.389 e. The molecule has 0 unspecified atom stereocenters. The Balaban J connectivity index is 2.75. The molecule has 0 saturated carbocycles. The van der Waals surface area contributed by atoms with Gasteiger partial charge in [0.2, 0.25) is 0 Å². The van der Waals surface area contributed by atoms with Crippen LogP contribution in [-0.4, -0.2) is 34.9 Å². The number of thiocarbonyl (C=S) groups is 1. The molecule has 0 radical (unpaired) electrons. The molecule has 0 fully saturated rings. The summed E-state index contributed by atoms with van der Waals surface area (Å²) >= 11 is 5.19. The molecular weight excluding hydrogens is 284 g/mol. The molecule has 5 nitrogen and oxygen atoms in total. The Morgan fingerprint density at radius 1 is 1.19 bits per heavy atom. The normalized spacial score (nSPS) is 10.6. The van der Waals surface area contributed by atoms with E-state index in [2.05, 4.69) is 36.3 Å². The minimum Gasteiger partial charge on any atom is -0.389 e. The number of aromatic nitrogens is 2. The first kappa shape index (κ1) is 17.8. The van der Waals surface area contributed by atoms with Crippen molar-refractivity contribution in [1.29, 1.82) is 0 Å². The van der Waals surface area contributed by atoms with Crippen LogP contribution in [0.4, 0.5) is 5.82 Å². The minimum atomic E-state index is 0.376. The van der Waals surface area contributed by atoms with Crippen LogP contribution in [0.25, 0.3) is 0 Å². The Kier molecular flexibility index (Phi) is 8.15. The summed E-state index contributed by atoms with van der Waals surface area (Å²) in [4.78, 5) is 0.376. The highest BCUT2D eigenvalue weighted by Gasteiger charge is 2.16. The monoisotopic (exact) mass is 310 g/mol. The lowest BCUT2D eigenvalue weighted by molar-refractivity contribution is 0.134. The molecule has 1 aromatic heterocycles. The molecule has 118 valence electrons. The first-order valence-electron chi connectivity index (χ1n) is 7.65. The molecule has 0 bridgehead atoms. The molecule has 0 aliphatic carbocycles. The van der Waals surface area contributed by atoms with E-state index in [4.69, 9.17) is 22.7 Å². The summed E-state index contributed by atoms with van der Waals surface area (Å²) in [6.07, 6.45) is 3.63. The van der Waals surface area contributed by atoms with E-state index in [-0.39, 0.29) is 0 Å². The number of nitrogens with one attached hydrogen (secondary N) is 1. The number of anilines is 1. The molecule has 0 spiro atoms. The number of hydrogen-bond donors (Lipinski definition) is 2. The van der Waals surface area contributed by atoms with Gasteiger partial charge < -0.3 is 15.8 Å². The second-order valence-electron chi connectivity index (χ2n) is 4.81. The smallest absolute Gasteiger partial charge is 0.159 e. The van der Waals surface area contributed by atoms with Crippen molar-refractivity contribution in [2.24, 2.45) is 5.73 Å². The fourth-order valence-corrected chi connectivity index (χ4v) is 2.41. The number of nitrogens with two attached hydrogens (primary N) is 1. The molecular formula is C15H26N4OS. The van der Waals surface area contributed by atoms with Gasteiger partial charge in [-0.15, -0.1) is 5.10 Å². The van der Waals surface area contributed by atoms with E-state index in [1.165, 1.54) is 0 Å². The van der Waals surface area contributed by atoms with Crippen LogP contribution in [0.15, 0.2) is 0 Å². The highest BCUT2D eigenvalue weighted by molar-refractivity contribution is 7.80. The predicted molar refractivity (Wildman–Crippen MR) is 90.9 cm³/mol. The molecule has 0 amide bonds. The second kappa shape index (κ2) is 9.63. The maximum atomic E-state index is 5.88. The zero-order chi connectivity index (χ0) is 15.7. The molecule has 21 heavy (non-hydrogen) atoms. The predicted octanol–water partition coefficient (Wildman–Crippen LogP) is 2.46. The Labute approximate surface area is 132 Å². The summed E-state index contributed by atoms with van der Waals surface area (Å²) in [5.74, 6) is 0.687. The van der Waals surface area contributed by atoms with Gasteiger partial charge in [0.15, 0.2) is 5.82 Å². The number of rotatable bonds is 10.